The summed E-state index contributed by atoms with van der Waals surface area (Å²) in [7, 11) is 2.06. The van der Waals surface area contributed by atoms with E-state index >= 15 is 0 Å². The number of anilines is 1. The topological polar surface area (TPSA) is 24.8 Å². The molecule has 3 heteroatoms. The van der Waals surface area contributed by atoms with Gasteiger partial charge in [0, 0.05) is 42.8 Å². The van der Waals surface area contributed by atoms with E-state index in [9.17, 15) is 4.79 Å². The number of hydrogen-bond acceptors (Lipinski definition) is 2. The van der Waals surface area contributed by atoms with Crippen molar-refractivity contribution in [2.75, 3.05) is 31.6 Å². The summed E-state index contributed by atoms with van der Waals surface area (Å²) in [6, 6.07) is 8.44. The van der Waals surface area contributed by atoms with Gasteiger partial charge in [-0.25, -0.2) is 0 Å². The first kappa shape index (κ1) is 14.3. The fraction of sp³-hybridized carbons (Fsp3) is 0.500. The second-order valence-electron chi connectivity index (χ2n) is 6.83. The zero-order valence-electron chi connectivity index (χ0n) is 13.3. The molecule has 3 nitrogen and oxygen atoms in total. The molecule has 2 heterocycles. The SMILES string of the molecule is CN1/C(=C\C(=O)C[NH+]2CCCC2)C(C)(C)c2ccccc21. The standard InChI is InChI=1S/C18H24N2O/c1-18(2)15-8-4-5-9-16(15)19(3)17(18)12-14(21)13-20-10-6-7-11-20/h4-5,8-9,12H,6-7,10-11,13H2,1-3H3/p+1/b17-12-. The Kier molecular flexibility index (Phi) is 3.62. The lowest BCUT2D eigenvalue weighted by atomic mass is 9.83. The molecule has 112 valence electrons. The number of nitrogens with one attached hydrogen (secondary N) is 1. The first-order valence-corrected chi connectivity index (χ1v) is 7.92. The Morgan fingerprint density at radius 1 is 1.29 bits per heavy atom. The van der Waals surface area contributed by atoms with Crippen molar-refractivity contribution in [2.24, 2.45) is 0 Å². The highest BCUT2D eigenvalue weighted by molar-refractivity contribution is 5.93. The number of likely N-dealkylation sites (N-methyl/N-ethyl adjacent to an activating group) is 1. The molecule has 1 N–H and O–H groups in total. The van der Waals surface area contributed by atoms with Crippen molar-refractivity contribution in [1.29, 1.82) is 0 Å². The van der Waals surface area contributed by atoms with Gasteiger partial charge >= 0.3 is 0 Å². The van der Waals surface area contributed by atoms with E-state index in [1.54, 1.807) is 0 Å². The van der Waals surface area contributed by atoms with Crippen LogP contribution in [0.5, 0.6) is 0 Å². The summed E-state index contributed by atoms with van der Waals surface area (Å²) < 4.78 is 0. The molecule has 1 aromatic carbocycles. The number of benzene rings is 1. The van der Waals surface area contributed by atoms with Gasteiger partial charge in [-0.15, -0.1) is 0 Å². The van der Waals surface area contributed by atoms with E-state index in [0.717, 1.165) is 18.8 Å². The van der Waals surface area contributed by atoms with Crippen molar-refractivity contribution in [2.45, 2.75) is 32.1 Å². The molecule has 2 aliphatic rings. The van der Waals surface area contributed by atoms with E-state index in [-0.39, 0.29) is 11.2 Å². The van der Waals surface area contributed by atoms with Gasteiger partial charge in [-0.1, -0.05) is 32.0 Å². The number of quaternary nitrogens is 1. The highest BCUT2D eigenvalue weighted by Crippen LogP contribution is 2.46. The molecular formula is C18H25N2O+. The minimum Gasteiger partial charge on any atom is -0.347 e. The van der Waals surface area contributed by atoms with Gasteiger partial charge in [-0.2, -0.15) is 0 Å². The molecular weight excluding hydrogens is 260 g/mol. The number of para-hydroxylation sites is 1. The van der Waals surface area contributed by atoms with Gasteiger partial charge in [0.1, 0.15) is 6.54 Å². The molecule has 21 heavy (non-hydrogen) atoms. The lowest BCUT2D eigenvalue weighted by Crippen LogP contribution is -3.10. The number of fused-ring (bicyclic) bond motifs is 1. The fourth-order valence-corrected chi connectivity index (χ4v) is 3.76. The molecule has 0 amide bonds. The smallest absolute Gasteiger partial charge is 0.211 e. The maximum absolute atomic E-state index is 12.4. The van der Waals surface area contributed by atoms with Crippen LogP contribution in [0.3, 0.4) is 0 Å². The van der Waals surface area contributed by atoms with E-state index in [4.69, 9.17) is 0 Å². The minimum atomic E-state index is -0.0959. The monoisotopic (exact) mass is 285 g/mol. The van der Waals surface area contributed by atoms with Gasteiger partial charge < -0.3 is 9.80 Å². The van der Waals surface area contributed by atoms with Crippen LogP contribution in [0.2, 0.25) is 0 Å². The van der Waals surface area contributed by atoms with Crippen molar-refractivity contribution >= 4 is 11.5 Å². The van der Waals surface area contributed by atoms with E-state index in [2.05, 4.69) is 50.1 Å². The Hall–Kier alpha value is -1.61. The van der Waals surface area contributed by atoms with E-state index < -0.39 is 0 Å². The third-order valence-corrected chi connectivity index (χ3v) is 4.97. The van der Waals surface area contributed by atoms with Crippen LogP contribution < -0.4 is 9.80 Å². The van der Waals surface area contributed by atoms with E-state index in [1.807, 2.05) is 6.08 Å². The Morgan fingerprint density at radius 3 is 2.62 bits per heavy atom. The van der Waals surface area contributed by atoms with Crippen molar-refractivity contribution in [3.05, 3.63) is 41.6 Å². The normalized spacial score (nSPS) is 22.8. The molecule has 0 bridgehead atoms. The van der Waals surface area contributed by atoms with Gasteiger partial charge in [0.05, 0.1) is 13.1 Å². The second-order valence-corrected chi connectivity index (χ2v) is 6.83. The molecule has 0 atom stereocenters. The molecule has 1 aromatic rings. The Labute approximate surface area is 127 Å². The number of likely N-dealkylation sites (tertiary alicyclic amines) is 1. The number of ketones is 1. The van der Waals surface area contributed by atoms with Crippen LogP contribution in [0.1, 0.15) is 32.3 Å². The van der Waals surface area contributed by atoms with Crippen LogP contribution in [0, 0.1) is 0 Å². The molecule has 0 radical (unpaired) electrons. The third-order valence-electron chi connectivity index (χ3n) is 4.97. The van der Waals surface area contributed by atoms with Crippen molar-refractivity contribution in [3.8, 4) is 0 Å². The van der Waals surface area contributed by atoms with Crippen molar-refractivity contribution < 1.29 is 9.69 Å². The Bertz CT molecular complexity index is 583. The minimum absolute atomic E-state index is 0.0959. The van der Waals surface area contributed by atoms with Crippen molar-refractivity contribution in [1.82, 2.24) is 0 Å². The molecule has 2 aliphatic heterocycles. The first-order valence-electron chi connectivity index (χ1n) is 7.92. The lowest BCUT2D eigenvalue weighted by molar-refractivity contribution is -0.878. The van der Waals surface area contributed by atoms with Gasteiger partial charge in [0.25, 0.3) is 0 Å². The maximum atomic E-state index is 12.4. The maximum Gasteiger partial charge on any atom is 0.211 e. The molecule has 0 unspecified atom stereocenters. The van der Waals surface area contributed by atoms with E-state index in [0.29, 0.717) is 6.54 Å². The second kappa shape index (κ2) is 5.30. The number of carbonyl (C=O) groups is 1. The Balaban J connectivity index is 1.85. The number of carbonyl (C=O) groups excluding carboxylic acids is 1. The van der Waals surface area contributed by atoms with Crippen LogP contribution in [0.4, 0.5) is 5.69 Å². The predicted molar refractivity (Wildman–Crippen MR) is 85.8 cm³/mol. The van der Waals surface area contributed by atoms with Crippen LogP contribution >= 0.6 is 0 Å². The zero-order valence-corrected chi connectivity index (χ0v) is 13.3. The zero-order chi connectivity index (χ0) is 15.0. The number of rotatable bonds is 3. The van der Waals surface area contributed by atoms with Gasteiger partial charge in [-0.05, 0) is 11.6 Å². The summed E-state index contributed by atoms with van der Waals surface area (Å²) in [5.41, 5.74) is 3.55. The molecule has 0 aliphatic carbocycles. The highest BCUT2D eigenvalue weighted by atomic mass is 16.1. The molecule has 0 saturated carbocycles. The molecule has 3 rings (SSSR count). The average Bonchev–Trinajstić information content (AvgIpc) is 3.02. The van der Waals surface area contributed by atoms with Gasteiger partial charge in [-0.3, -0.25) is 4.79 Å². The number of allylic oxidation sites excluding steroid dienone is 1. The van der Waals surface area contributed by atoms with Gasteiger partial charge in [0.2, 0.25) is 5.78 Å². The summed E-state index contributed by atoms with van der Waals surface area (Å²) in [6.07, 6.45) is 4.40. The molecule has 1 fully saturated rings. The molecule has 1 saturated heterocycles. The highest BCUT2D eigenvalue weighted by Gasteiger charge is 2.38. The van der Waals surface area contributed by atoms with Crippen molar-refractivity contribution in [3.63, 3.8) is 0 Å². The Morgan fingerprint density at radius 2 is 1.95 bits per heavy atom. The predicted octanol–water partition coefficient (Wildman–Crippen LogP) is 1.55. The van der Waals surface area contributed by atoms with Crippen LogP contribution in [-0.2, 0) is 10.2 Å². The third kappa shape index (κ3) is 2.51. The van der Waals surface area contributed by atoms with E-state index in [1.165, 1.54) is 29.0 Å². The largest absolute Gasteiger partial charge is 0.347 e. The average molecular weight is 285 g/mol. The van der Waals surface area contributed by atoms with Crippen LogP contribution in [0.15, 0.2) is 36.0 Å². The van der Waals surface area contributed by atoms with Gasteiger partial charge in [0.15, 0.2) is 0 Å². The fourth-order valence-electron chi connectivity index (χ4n) is 3.76. The summed E-state index contributed by atoms with van der Waals surface area (Å²) in [4.78, 5) is 16.0. The lowest BCUT2D eigenvalue weighted by Gasteiger charge is -2.24. The summed E-state index contributed by atoms with van der Waals surface area (Å²) in [6.45, 7) is 7.35. The summed E-state index contributed by atoms with van der Waals surface area (Å²) >= 11 is 0. The summed E-state index contributed by atoms with van der Waals surface area (Å²) in [5, 5.41) is 0. The quantitative estimate of drug-likeness (QED) is 0.852. The molecule has 0 spiro atoms. The number of hydrogen-bond donors (Lipinski definition) is 1. The first-order chi connectivity index (χ1) is 10.00. The van der Waals surface area contributed by atoms with Crippen LogP contribution in [-0.4, -0.2) is 32.5 Å². The molecule has 0 aromatic heterocycles. The van der Waals surface area contributed by atoms with Crippen LogP contribution in [0.25, 0.3) is 0 Å². The number of nitrogens with zero attached hydrogens (tertiary/aromatic N) is 1. The summed E-state index contributed by atoms with van der Waals surface area (Å²) in [5.74, 6) is 0.259.